The lowest BCUT2D eigenvalue weighted by Gasteiger charge is -2.11. The lowest BCUT2D eigenvalue weighted by Crippen LogP contribution is -3.00. The number of nitrogen functional groups attached to an aromatic ring is 2. The van der Waals surface area contributed by atoms with Crippen LogP contribution in [-0.2, 0) is 7.05 Å². The van der Waals surface area contributed by atoms with Crippen molar-refractivity contribution in [2.75, 3.05) is 11.5 Å². The monoisotopic (exact) mass is 335 g/mol. The number of nitrogens with two attached hydrogens (primary N) is 2. The molecule has 0 saturated carbocycles. The summed E-state index contributed by atoms with van der Waals surface area (Å²) in [5.74, 6) is 0. The van der Waals surface area contributed by atoms with Crippen molar-refractivity contribution < 1.29 is 17.0 Å². The van der Waals surface area contributed by atoms with Crippen LogP contribution in [0.3, 0.4) is 0 Å². The van der Waals surface area contributed by atoms with Gasteiger partial charge in [-0.15, -0.1) is 0 Å². The quantitative estimate of drug-likeness (QED) is 0.305. The van der Waals surface area contributed by atoms with E-state index < -0.39 is 0 Å². The minimum absolute atomic E-state index is 0. The molecule has 0 radical (unpaired) electrons. The zero-order valence-corrected chi connectivity index (χ0v) is 14.1. The van der Waals surface area contributed by atoms with Gasteiger partial charge < -0.3 is 23.9 Å². The number of aromatic nitrogens is 1. The summed E-state index contributed by atoms with van der Waals surface area (Å²) in [6, 6.07) is 20.5. The fraction of sp³-hybridized carbons (Fsp3) is 0.0500. The normalized spacial score (nSPS) is 10.7. The minimum Gasteiger partial charge on any atom is -1.00 e. The van der Waals surface area contributed by atoms with Crippen LogP contribution in [0.5, 0.6) is 0 Å². The van der Waals surface area contributed by atoms with E-state index in [-0.39, 0.29) is 12.4 Å². The summed E-state index contributed by atoms with van der Waals surface area (Å²) in [6.45, 7) is 0. The molecule has 3 nitrogen and oxygen atoms in total. The first kappa shape index (κ1) is 16.1. The maximum atomic E-state index is 6.24. The number of hydrogen-bond donors (Lipinski definition) is 2. The molecule has 0 bridgehead atoms. The number of hydrogen-bond acceptors (Lipinski definition) is 2. The first-order chi connectivity index (χ1) is 11.1. The van der Waals surface area contributed by atoms with Gasteiger partial charge in [0.1, 0.15) is 7.05 Å². The van der Waals surface area contributed by atoms with E-state index >= 15 is 0 Å². The van der Waals surface area contributed by atoms with Gasteiger partial charge >= 0.3 is 0 Å². The molecule has 0 saturated heterocycles. The smallest absolute Gasteiger partial charge is 0.213 e. The van der Waals surface area contributed by atoms with Crippen molar-refractivity contribution in [3.8, 4) is 11.1 Å². The molecule has 0 fully saturated rings. The molecule has 0 atom stereocenters. The largest absolute Gasteiger partial charge is 1.00 e. The van der Waals surface area contributed by atoms with Gasteiger partial charge in [-0.05, 0) is 23.8 Å². The highest BCUT2D eigenvalue weighted by Gasteiger charge is 2.16. The van der Waals surface area contributed by atoms with E-state index in [1.54, 1.807) is 0 Å². The van der Waals surface area contributed by atoms with E-state index in [0.29, 0.717) is 11.4 Å². The van der Waals surface area contributed by atoms with Gasteiger partial charge in [0, 0.05) is 33.8 Å². The van der Waals surface area contributed by atoms with Crippen molar-refractivity contribution in [1.82, 2.24) is 0 Å². The van der Waals surface area contributed by atoms with Gasteiger partial charge in [-0.25, -0.2) is 4.57 Å². The lowest BCUT2D eigenvalue weighted by atomic mass is 9.95. The summed E-state index contributed by atoms with van der Waals surface area (Å²) < 4.78 is 2.16. The third kappa shape index (κ3) is 2.43. The number of pyridine rings is 1. The van der Waals surface area contributed by atoms with E-state index in [9.17, 15) is 0 Å². The topological polar surface area (TPSA) is 55.9 Å². The molecule has 4 aromatic rings. The molecule has 3 aromatic carbocycles. The third-order valence-electron chi connectivity index (χ3n) is 4.35. The second-order valence-corrected chi connectivity index (χ2v) is 5.87. The van der Waals surface area contributed by atoms with E-state index in [4.69, 9.17) is 11.5 Å². The fourth-order valence-corrected chi connectivity index (χ4v) is 3.28. The molecule has 1 aromatic heterocycles. The molecule has 0 spiro atoms. The second kappa shape index (κ2) is 6.02. The zero-order valence-electron chi connectivity index (χ0n) is 13.3. The summed E-state index contributed by atoms with van der Waals surface area (Å²) in [6.07, 6.45) is 2.16. The van der Waals surface area contributed by atoms with Crippen LogP contribution in [0.2, 0.25) is 0 Å². The Morgan fingerprint density at radius 2 is 1.62 bits per heavy atom. The Balaban J connectivity index is 0.00000169. The van der Waals surface area contributed by atoms with E-state index in [1.807, 2.05) is 18.2 Å². The highest BCUT2D eigenvalue weighted by Crippen LogP contribution is 2.35. The van der Waals surface area contributed by atoms with Gasteiger partial charge in [0.05, 0.1) is 5.39 Å². The molecule has 4 rings (SSSR count). The standard InChI is InChI=1S/C20H17N3.ClH/c1-23-12-13-5-2-3-6-15(13)20-17(7-4-8-19(20)23)16-10-9-14(21)11-18(16)22;/h2-12H,1H3,(H3,21,22);1H. The molecule has 0 aliphatic rings. The number of fused-ring (bicyclic) bond motifs is 3. The molecule has 0 amide bonds. The van der Waals surface area contributed by atoms with Crippen molar-refractivity contribution in [3.05, 3.63) is 66.9 Å². The van der Waals surface area contributed by atoms with Crippen molar-refractivity contribution in [3.63, 3.8) is 0 Å². The average molecular weight is 336 g/mol. The summed E-state index contributed by atoms with van der Waals surface area (Å²) in [5, 5.41) is 3.65. The van der Waals surface area contributed by atoms with Crippen LogP contribution in [0.15, 0.2) is 66.9 Å². The lowest BCUT2D eigenvalue weighted by molar-refractivity contribution is -0.643. The molecule has 1 heterocycles. The Morgan fingerprint density at radius 3 is 2.42 bits per heavy atom. The second-order valence-electron chi connectivity index (χ2n) is 5.87. The fourth-order valence-electron chi connectivity index (χ4n) is 3.28. The molecule has 24 heavy (non-hydrogen) atoms. The predicted octanol–water partition coefficient (Wildman–Crippen LogP) is 0.653. The summed E-state index contributed by atoms with van der Waals surface area (Å²) in [7, 11) is 2.07. The minimum atomic E-state index is 0. The number of anilines is 2. The van der Waals surface area contributed by atoms with Crippen LogP contribution < -0.4 is 28.4 Å². The van der Waals surface area contributed by atoms with Gasteiger partial charge in [0.15, 0.2) is 6.20 Å². The Kier molecular flexibility index (Phi) is 4.04. The number of aryl methyl sites for hydroxylation is 1. The van der Waals surface area contributed by atoms with Gasteiger partial charge in [-0.2, -0.15) is 0 Å². The van der Waals surface area contributed by atoms with Gasteiger partial charge in [0.25, 0.3) is 0 Å². The summed E-state index contributed by atoms with van der Waals surface area (Å²) in [4.78, 5) is 0. The molecule has 0 aliphatic carbocycles. The van der Waals surface area contributed by atoms with Crippen LogP contribution in [0.1, 0.15) is 0 Å². The molecule has 0 unspecified atom stereocenters. The van der Waals surface area contributed by atoms with Crippen LogP contribution >= 0.6 is 0 Å². The van der Waals surface area contributed by atoms with Gasteiger partial charge in [0.2, 0.25) is 5.52 Å². The maximum Gasteiger partial charge on any atom is 0.213 e. The van der Waals surface area contributed by atoms with Gasteiger partial charge in [-0.1, -0.05) is 36.4 Å². The molecule has 120 valence electrons. The predicted molar refractivity (Wildman–Crippen MR) is 96.9 cm³/mol. The SMILES string of the molecule is C[n+]1cc2ccccc2c2c(-c3ccc(N)cc3N)cccc21.[Cl-]. The van der Waals surface area contributed by atoms with Gasteiger partial charge in [-0.3, -0.25) is 0 Å². The number of nitrogens with zero attached hydrogens (tertiary/aromatic N) is 1. The Labute approximate surface area is 146 Å². The molecule has 0 aliphatic heterocycles. The molecule has 4 N–H and O–H groups in total. The van der Waals surface area contributed by atoms with Crippen molar-refractivity contribution in [1.29, 1.82) is 0 Å². The zero-order chi connectivity index (χ0) is 16.0. The van der Waals surface area contributed by atoms with E-state index in [0.717, 1.165) is 11.1 Å². The van der Waals surface area contributed by atoms with Crippen molar-refractivity contribution in [2.45, 2.75) is 0 Å². The Hall–Kier alpha value is -2.78. The first-order valence-electron chi connectivity index (χ1n) is 7.60. The molecular weight excluding hydrogens is 318 g/mol. The van der Waals surface area contributed by atoms with Crippen LogP contribution in [0, 0.1) is 0 Å². The Morgan fingerprint density at radius 1 is 0.833 bits per heavy atom. The molecule has 4 heteroatoms. The maximum absolute atomic E-state index is 6.24. The third-order valence-corrected chi connectivity index (χ3v) is 4.35. The number of benzene rings is 3. The Bertz CT molecular complexity index is 1060. The van der Waals surface area contributed by atoms with Crippen LogP contribution in [-0.4, -0.2) is 0 Å². The summed E-state index contributed by atoms with van der Waals surface area (Å²) >= 11 is 0. The van der Waals surface area contributed by atoms with E-state index in [2.05, 4.69) is 60.3 Å². The average Bonchev–Trinajstić information content (AvgIpc) is 2.55. The van der Waals surface area contributed by atoms with Crippen LogP contribution in [0.25, 0.3) is 32.8 Å². The van der Waals surface area contributed by atoms with Crippen molar-refractivity contribution >= 4 is 33.1 Å². The van der Waals surface area contributed by atoms with Crippen LogP contribution in [0.4, 0.5) is 11.4 Å². The number of halogens is 1. The highest BCUT2D eigenvalue weighted by molar-refractivity contribution is 6.12. The van der Waals surface area contributed by atoms with Crippen molar-refractivity contribution in [2.24, 2.45) is 7.05 Å². The van der Waals surface area contributed by atoms with E-state index in [1.165, 1.54) is 21.7 Å². The highest BCUT2D eigenvalue weighted by atomic mass is 35.5. The molecular formula is C20H18ClN3. The number of rotatable bonds is 1. The summed E-state index contributed by atoms with van der Waals surface area (Å²) in [5.41, 5.74) is 16.8. The first-order valence-corrected chi connectivity index (χ1v) is 7.60.